The summed E-state index contributed by atoms with van der Waals surface area (Å²) in [5, 5.41) is 19.2. The first-order valence-electron chi connectivity index (χ1n) is 5.10. The number of hydrogen-bond donors (Lipinski definition) is 0. The van der Waals surface area contributed by atoms with Gasteiger partial charge in [-0.15, -0.1) is 0 Å². The summed E-state index contributed by atoms with van der Waals surface area (Å²) in [5.74, 6) is -2.61. The molecule has 8 heteroatoms. The van der Waals surface area contributed by atoms with Crippen LogP contribution in [0.15, 0.2) is 18.2 Å². The lowest BCUT2D eigenvalue weighted by Crippen LogP contribution is -2.27. The van der Waals surface area contributed by atoms with Crippen molar-refractivity contribution in [3.05, 3.63) is 33.9 Å². The van der Waals surface area contributed by atoms with E-state index in [4.69, 9.17) is 10.00 Å². The molecule has 0 aliphatic rings. The molecule has 0 saturated carbocycles. The highest BCUT2D eigenvalue weighted by Crippen LogP contribution is 2.32. The monoisotopic (exact) mass is 274 g/mol. The maximum Gasteiger partial charge on any atom is 0.407 e. The van der Waals surface area contributed by atoms with Crippen LogP contribution in [0.1, 0.15) is 5.56 Å². The number of nitrogens with zero attached hydrogens (tertiary/aromatic N) is 2. The third-order valence-corrected chi connectivity index (χ3v) is 2.34. The minimum Gasteiger partial charge on any atom is -0.485 e. The Morgan fingerprint density at radius 1 is 1.53 bits per heavy atom. The first kappa shape index (κ1) is 14.8. The molecule has 0 aromatic heterocycles. The quantitative estimate of drug-likeness (QED) is 0.624. The van der Waals surface area contributed by atoms with Crippen molar-refractivity contribution in [1.29, 1.82) is 5.26 Å². The molecule has 0 spiro atoms. The van der Waals surface area contributed by atoms with Gasteiger partial charge in [0.15, 0.2) is 11.7 Å². The van der Waals surface area contributed by atoms with Crippen molar-refractivity contribution in [2.24, 2.45) is 5.92 Å². The van der Waals surface area contributed by atoms with Crippen LogP contribution in [0.2, 0.25) is 0 Å². The predicted octanol–water partition coefficient (Wildman–Crippen LogP) is 2.98. The van der Waals surface area contributed by atoms with Gasteiger partial charge in [0.05, 0.1) is 11.0 Å². The summed E-state index contributed by atoms with van der Waals surface area (Å²) < 4.78 is 41.8. The Kier molecular flexibility index (Phi) is 4.32. The maximum atomic E-state index is 12.3. The predicted molar refractivity (Wildman–Crippen MR) is 58.5 cm³/mol. The number of alkyl halides is 3. The van der Waals surface area contributed by atoms with Crippen molar-refractivity contribution in [2.75, 3.05) is 6.61 Å². The van der Waals surface area contributed by atoms with Crippen molar-refractivity contribution in [3.63, 3.8) is 0 Å². The topological polar surface area (TPSA) is 76.2 Å². The van der Waals surface area contributed by atoms with E-state index in [1.165, 1.54) is 25.1 Å². The zero-order chi connectivity index (χ0) is 14.6. The molecular weight excluding hydrogens is 265 g/mol. The average molecular weight is 274 g/mol. The molecule has 0 aliphatic carbocycles. The Bertz CT molecular complexity index is 523. The standard InChI is InChI=1S/C11H9F3N2O3/c1-7-3-2-4-9(10(7)16(17)18)19-6-8(5-15)11(12,13)14/h2-4,8H,6H2,1H3. The van der Waals surface area contributed by atoms with E-state index in [9.17, 15) is 23.3 Å². The molecule has 1 atom stereocenters. The number of rotatable bonds is 4. The maximum absolute atomic E-state index is 12.3. The third kappa shape index (κ3) is 3.58. The fourth-order valence-electron chi connectivity index (χ4n) is 1.36. The average Bonchev–Trinajstić information content (AvgIpc) is 2.27. The van der Waals surface area contributed by atoms with Crippen LogP contribution >= 0.6 is 0 Å². The number of hydrogen-bond acceptors (Lipinski definition) is 4. The van der Waals surface area contributed by atoms with Crippen LogP contribution in [0, 0.1) is 34.3 Å². The van der Waals surface area contributed by atoms with Crippen molar-refractivity contribution in [2.45, 2.75) is 13.1 Å². The summed E-state index contributed by atoms with van der Waals surface area (Å²) >= 11 is 0. The molecule has 0 amide bonds. The fraction of sp³-hybridized carbons (Fsp3) is 0.364. The number of aryl methyl sites for hydroxylation is 1. The summed E-state index contributed by atoms with van der Waals surface area (Å²) in [4.78, 5) is 10.1. The number of ether oxygens (including phenoxy) is 1. The number of nitro groups is 1. The molecule has 0 bridgehead atoms. The molecule has 1 rings (SSSR count). The van der Waals surface area contributed by atoms with E-state index in [1.54, 1.807) is 0 Å². The highest BCUT2D eigenvalue weighted by atomic mass is 19.4. The van der Waals surface area contributed by atoms with Crippen molar-refractivity contribution >= 4 is 5.69 Å². The summed E-state index contributed by atoms with van der Waals surface area (Å²) in [6.07, 6.45) is -4.73. The number of nitriles is 1. The number of benzene rings is 1. The Balaban J connectivity index is 2.93. The van der Waals surface area contributed by atoms with Gasteiger partial charge in [-0.1, -0.05) is 12.1 Å². The van der Waals surface area contributed by atoms with Gasteiger partial charge >= 0.3 is 11.9 Å². The molecule has 0 N–H and O–H groups in total. The number of halogens is 3. The summed E-state index contributed by atoms with van der Waals surface area (Å²) in [7, 11) is 0. The van der Waals surface area contributed by atoms with Gasteiger partial charge in [0.1, 0.15) is 6.61 Å². The van der Waals surface area contributed by atoms with Crippen LogP contribution in [0.4, 0.5) is 18.9 Å². The van der Waals surface area contributed by atoms with Gasteiger partial charge in [-0.25, -0.2) is 0 Å². The Labute approximate surface area is 106 Å². The summed E-state index contributed by atoms with van der Waals surface area (Å²) in [6.45, 7) is 0.459. The van der Waals surface area contributed by atoms with E-state index >= 15 is 0 Å². The molecule has 0 aliphatic heterocycles. The van der Waals surface area contributed by atoms with Crippen LogP contribution in [-0.4, -0.2) is 17.7 Å². The number of nitro benzene ring substituents is 1. The second-order valence-corrected chi connectivity index (χ2v) is 3.71. The molecule has 0 saturated heterocycles. The zero-order valence-electron chi connectivity index (χ0n) is 9.77. The van der Waals surface area contributed by atoms with E-state index in [1.807, 2.05) is 0 Å². The minimum absolute atomic E-state index is 0.267. The van der Waals surface area contributed by atoms with E-state index < -0.39 is 29.3 Å². The molecule has 19 heavy (non-hydrogen) atoms. The summed E-state index contributed by atoms with van der Waals surface area (Å²) in [6, 6.07) is 5.11. The van der Waals surface area contributed by atoms with Gasteiger partial charge in [0.2, 0.25) is 0 Å². The summed E-state index contributed by atoms with van der Waals surface area (Å²) in [5.41, 5.74) is -0.135. The minimum atomic E-state index is -4.73. The molecule has 1 aromatic rings. The lowest BCUT2D eigenvalue weighted by atomic mass is 10.1. The Hall–Kier alpha value is -2.30. The van der Waals surface area contributed by atoms with Gasteiger partial charge in [-0.3, -0.25) is 10.1 Å². The first-order chi connectivity index (χ1) is 8.77. The van der Waals surface area contributed by atoms with Crippen LogP contribution in [0.25, 0.3) is 0 Å². The molecular formula is C11H9F3N2O3. The molecule has 0 heterocycles. The molecule has 0 radical (unpaired) electrons. The van der Waals surface area contributed by atoms with E-state index in [-0.39, 0.29) is 11.3 Å². The first-order valence-corrected chi connectivity index (χ1v) is 5.10. The normalized spacial score (nSPS) is 12.6. The smallest absolute Gasteiger partial charge is 0.407 e. The van der Waals surface area contributed by atoms with Crippen molar-refractivity contribution in [1.82, 2.24) is 0 Å². The van der Waals surface area contributed by atoms with E-state index in [0.717, 1.165) is 6.07 Å². The van der Waals surface area contributed by atoms with Gasteiger partial charge in [0.25, 0.3) is 0 Å². The van der Waals surface area contributed by atoms with Gasteiger partial charge in [-0.05, 0) is 13.0 Å². The molecule has 1 unspecified atom stereocenters. The third-order valence-electron chi connectivity index (χ3n) is 2.34. The highest BCUT2D eigenvalue weighted by molar-refractivity contribution is 5.52. The van der Waals surface area contributed by atoms with Crippen LogP contribution in [-0.2, 0) is 0 Å². The fourth-order valence-corrected chi connectivity index (χ4v) is 1.36. The van der Waals surface area contributed by atoms with Crippen LogP contribution in [0.5, 0.6) is 5.75 Å². The van der Waals surface area contributed by atoms with Crippen LogP contribution < -0.4 is 4.74 Å². The van der Waals surface area contributed by atoms with Crippen molar-refractivity contribution < 1.29 is 22.8 Å². The van der Waals surface area contributed by atoms with Crippen LogP contribution in [0.3, 0.4) is 0 Å². The molecule has 5 nitrogen and oxygen atoms in total. The largest absolute Gasteiger partial charge is 0.485 e. The molecule has 1 aromatic carbocycles. The SMILES string of the molecule is Cc1cccc(OCC(C#N)C(F)(F)F)c1[N+](=O)[O-]. The highest BCUT2D eigenvalue weighted by Gasteiger charge is 2.40. The molecule has 0 fully saturated rings. The Morgan fingerprint density at radius 2 is 2.16 bits per heavy atom. The second-order valence-electron chi connectivity index (χ2n) is 3.71. The second kappa shape index (κ2) is 5.56. The zero-order valence-corrected chi connectivity index (χ0v) is 9.77. The van der Waals surface area contributed by atoms with Gasteiger partial charge < -0.3 is 4.74 Å². The van der Waals surface area contributed by atoms with Gasteiger partial charge in [0, 0.05) is 5.56 Å². The molecule has 102 valence electrons. The van der Waals surface area contributed by atoms with E-state index in [2.05, 4.69) is 0 Å². The van der Waals surface area contributed by atoms with Gasteiger partial charge in [-0.2, -0.15) is 18.4 Å². The van der Waals surface area contributed by atoms with E-state index in [0.29, 0.717) is 0 Å². The lowest BCUT2D eigenvalue weighted by Gasteiger charge is -2.14. The Morgan fingerprint density at radius 3 is 2.63 bits per heavy atom. The number of para-hydroxylation sites is 1. The van der Waals surface area contributed by atoms with Crippen molar-refractivity contribution in [3.8, 4) is 11.8 Å². The lowest BCUT2D eigenvalue weighted by molar-refractivity contribution is -0.386.